The van der Waals surface area contributed by atoms with Crippen LogP contribution in [0.4, 0.5) is 0 Å². The van der Waals surface area contributed by atoms with Crippen molar-refractivity contribution in [2.75, 3.05) is 12.3 Å². The molecule has 2 heterocycles. The Labute approximate surface area is 159 Å². The summed E-state index contributed by atoms with van der Waals surface area (Å²) in [6, 6.07) is 4.22. The predicted molar refractivity (Wildman–Crippen MR) is 104 cm³/mol. The molecular formula is C16H24Cl2N4OS. The van der Waals surface area contributed by atoms with Gasteiger partial charge in [0.05, 0.1) is 11.4 Å². The Morgan fingerprint density at radius 2 is 2.17 bits per heavy atom. The Morgan fingerprint density at radius 1 is 1.42 bits per heavy atom. The molecule has 1 aliphatic rings. The Kier molecular flexibility index (Phi) is 8.36. The minimum Gasteiger partial charge on any atom is -0.351 e. The number of nitrogens with one attached hydrogen (secondary N) is 1. The van der Waals surface area contributed by atoms with Gasteiger partial charge in [0, 0.05) is 30.7 Å². The van der Waals surface area contributed by atoms with E-state index in [2.05, 4.69) is 29.5 Å². The molecule has 1 aliphatic carbocycles. The number of nitrogens with zero attached hydrogens (tertiary/aromatic N) is 2. The molecule has 0 aromatic carbocycles. The highest BCUT2D eigenvalue weighted by atomic mass is 35.5. The first-order valence-electron chi connectivity index (χ1n) is 7.67. The topological polar surface area (TPSA) is 72.4 Å². The van der Waals surface area contributed by atoms with Gasteiger partial charge in [-0.25, -0.2) is 4.98 Å². The second-order valence-electron chi connectivity index (χ2n) is 5.94. The van der Waals surface area contributed by atoms with Crippen molar-refractivity contribution in [2.24, 2.45) is 11.7 Å². The highest BCUT2D eigenvalue weighted by Gasteiger charge is 2.31. The van der Waals surface area contributed by atoms with Crippen LogP contribution >= 0.6 is 36.6 Å². The van der Waals surface area contributed by atoms with Crippen LogP contribution in [0.25, 0.3) is 5.65 Å². The number of hydrogen-bond donors (Lipinski definition) is 2. The van der Waals surface area contributed by atoms with Crippen molar-refractivity contribution in [1.29, 1.82) is 0 Å². The van der Waals surface area contributed by atoms with Gasteiger partial charge >= 0.3 is 0 Å². The van der Waals surface area contributed by atoms with Crippen LogP contribution in [0.2, 0.25) is 0 Å². The van der Waals surface area contributed by atoms with Crippen LogP contribution in [0.15, 0.2) is 24.5 Å². The summed E-state index contributed by atoms with van der Waals surface area (Å²) in [5.41, 5.74) is 8.86. The van der Waals surface area contributed by atoms with Crippen molar-refractivity contribution in [2.45, 2.75) is 31.6 Å². The molecule has 1 fully saturated rings. The highest BCUT2D eigenvalue weighted by Crippen LogP contribution is 2.32. The molecule has 8 heteroatoms. The highest BCUT2D eigenvalue weighted by molar-refractivity contribution is 7.99. The summed E-state index contributed by atoms with van der Waals surface area (Å²) in [5, 5.41) is 3.04. The van der Waals surface area contributed by atoms with E-state index in [9.17, 15) is 4.79 Å². The van der Waals surface area contributed by atoms with Crippen molar-refractivity contribution in [3.8, 4) is 0 Å². The predicted octanol–water partition coefficient (Wildman–Crippen LogP) is 2.57. The van der Waals surface area contributed by atoms with Crippen molar-refractivity contribution in [3.05, 3.63) is 35.8 Å². The van der Waals surface area contributed by atoms with Crippen molar-refractivity contribution < 1.29 is 4.79 Å². The van der Waals surface area contributed by atoms with E-state index in [-0.39, 0.29) is 36.8 Å². The fourth-order valence-corrected chi connectivity index (χ4v) is 3.31. The Balaban J connectivity index is 0.00000144. The maximum Gasteiger partial charge on any atom is 0.230 e. The molecule has 3 N–H and O–H groups in total. The van der Waals surface area contributed by atoms with Gasteiger partial charge in [-0.2, -0.15) is 0 Å². The lowest BCUT2D eigenvalue weighted by atomic mass is 10.2. The molecule has 1 unspecified atom stereocenters. The van der Waals surface area contributed by atoms with Crippen LogP contribution in [0.1, 0.15) is 24.1 Å². The number of carbonyl (C=O) groups excluding carboxylic acids is 1. The van der Waals surface area contributed by atoms with E-state index in [1.807, 2.05) is 16.7 Å². The van der Waals surface area contributed by atoms with Gasteiger partial charge in [-0.3, -0.25) is 4.79 Å². The number of thioether (sulfide) groups is 1. The lowest BCUT2D eigenvalue weighted by Gasteiger charge is -2.15. The van der Waals surface area contributed by atoms with Crippen molar-refractivity contribution >= 4 is 48.1 Å². The van der Waals surface area contributed by atoms with Gasteiger partial charge in [-0.1, -0.05) is 6.07 Å². The molecule has 1 amide bonds. The van der Waals surface area contributed by atoms with Gasteiger partial charge in [-0.05, 0) is 37.3 Å². The molecule has 24 heavy (non-hydrogen) atoms. The number of aryl methyl sites for hydroxylation is 1. The molecule has 0 saturated heterocycles. The molecule has 2 aromatic heterocycles. The molecule has 134 valence electrons. The molecule has 0 spiro atoms. The monoisotopic (exact) mass is 390 g/mol. The van der Waals surface area contributed by atoms with Crippen LogP contribution in [-0.4, -0.2) is 33.6 Å². The van der Waals surface area contributed by atoms with Crippen LogP contribution in [0.5, 0.6) is 0 Å². The van der Waals surface area contributed by atoms with E-state index in [0.29, 0.717) is 18.2 Å². The summed E-state index contributed by atoms with van der Waals surface area (Å²) >= 11 is 1.59. The van der Waals surface area contributed by atoms with E-state index in [1.165, 1.54) is 18.4 Å². The Morgan fingerprint density at radius 3 is 2.83 bits per heavy atom. The molecule has 0 radical (unpaired) electrons. The van der Waals surface area contributed by atoms with Crippen molar-refractivity contribution in [1.82, 2.24) is 14.7 Å². The average Bonchev–Trinajstić information content (AvgIpc) is 3.25. The second kappa shape index (κ2) is 9.51. The number of carbonyl (C=O) groups is 1. The number of nitrogens with two attached hydrogens (primary N) is 1. The van der Waals surface area contributed by atoms with E-state index in [0.717, 1.165) is 17.1 Å². The summed E-state index contributed by atoms with van der Waals surface area (Å²) in [6.45, 7) is 2.60. The van der Waals surface area contributed by atoms with Gasteiger partial charge in [0.15, 0.2) is 0 Å². The number of rotatable bonds is 7. The molecule has 3 rings (SSSR count). The first-order chi connectivity index (χ1) is 10.7. The minimum atomic E-state index is 0. The average molecular weight is 391 g/mol. The quantitative estimate of drug-likeness (QED) is 0.761. The molecule has 0 aliphatic heterocycles. The summed E-state index contributed by atoms with van der Waals surface area (Å²) in [4.78, 5) is 16.5. The normalized spacial score (nSPS) is 14.6. The van der Waals surface area contributed by atoms with Gasteiger partial charge in [0.2, 0.25) is 5.91 Å². The number of halogens is 2. The number of pyridine rings is 1. The standard InChI is InChI=1S/C16H22N4OS.2ClH/c1-11-2-5-15-18-13(8-20(15)7-11)9-22-10-16(21)19-14(6-17)12-3-4-12;;/h2,5,7-8,12,14H,3-4,6,9-10,17H2,1H3,(H,19,21);2*1H. The molecule has 2 aromatic rings. The maximum absolute atomic E-state index is 11.9. The van der Waals surface area contributed by atoms with Crippen LogP contribution in [-0.2, 0) is 10.5 Å². The number of imidazole rings is 1. The van der Waals surface area contributed by atoms with Gasteiger partial charge < -0.3 is 15.5 Å². The van der Waals surface area contributed by atoms with Gasteiger partial charge in [0.1, 0.15) is 5.65 Å². The number of amides is 1. The smallest absolute Gasteiger partial charge is 0.230 e. The van der Waals surface area contributed by atoms with Crippen LogP contribution in [0, 0.1) is 12.8 Å². The number of fused-ring (bicyclic) bond motifs is 1. The Bertz CT molecular complexity index is 675. The molecule has 1 saturated carbocycles. The van der Waals surface area contributed by atoms with E-state index in [4.69, 9.17) is 5.73 Å². The van der Waals surface area contributed by atoms with Gasteiger partial charge in [0.25, 0.3) is 0 Å². The van der Waals surface area contributed by atoms with Crippen LogP contribution in [0.3, 0.4) is 0 Å². The van der Waals surface area contributed by atoms with Crippen molar-refractivity contribution in [3.63, 3.8) is 0 Å². The lowest BCUT2D eigenvalue weighted by Crippen LogP contribution is -2.42. The van der Waals surface area contributed by atoms with E-state index < -0.39 is 0 Å². The first-order valence-corrected chi connectivity index (χ1v) is 8.82. The Hall–Kier alpha value is -0.950. The summed E-state index contributed by atoms with van der Waals surface area (Å²) in [7, 11) is 0. The molecule has 1 atom stereocenters. The summed E-state index contributed by atoms with van der Waals surface area (Å²) < 4.78 is 2.03. The van der Waals surface area contributed by atoms with E-state index >= 15 is 0 Å². The third-order valence-electron chi connectivity index (χ3n) is 3.92. The molecular weight excluding hydrogens is 367 g/mol. The maximum atomic E-state index is 11.9. The zero-order chi connectivity index (χ0) is 15.5. The van der Waals surface area contributed by atoms with Gasteiger partial charge in [-0.15, -0.1) is 36.6 Å². The summed E-state index contributed by atoms with van der Waals surface area (Å²) in [6.07, 6.45) is 6.47. The molecule has 0 bridgehead atoms. The number of hydrogen-bond acceptors (Lipinski definition) is 4. The lowest BCUT2D eigenvalue weighted by molar-refractivity contribution is -0.119. The minimum absolute atomic E-state index is 0. The molecule has 5 nitrogen and oxygen atoms in total. The first kappa shape index (κ1) is 21.1. The zero-order valence-corrected chi connectivity index (χ0v) is 16.1. The summed E-state index contributed by atoms with van der Waals surface area (Å²) in [5.74, 6) is 1.87. The third-order valence-corrected chi connectivity index (χ3v) is 4.89. The van der Waals surface area contributed by atoms with Crippen LogP contribution < -0.4 is 11.1 Å². The fraction of sp³-hybridized carbons (Fsp3) is 0.500. The second-order valence-corrected chi connectivity index (χ2v) is 6.93. The fourth-order valence-electron chi connectivity index (χ4n) is 2.59. The SMILES string of the molecule is Cc1ccc2nc(CSCC(=O)NC(CN)C3CC3)cn2c1.Cl.Cl. The third kappa shape index (κ3) is 5.55. The largest absolute Gasteiger partial charge is 0.351 e. The van der Waals surface area contributed by atoms with E-state index in [1.54, 1.807) is 11.8 Å². The number of aromatic nitrogens is 2. The zero-order valence-electron chi connectivity index (χ0n) is 13.6.